The fourth-order valence-corrected chi connectivity index (χ4v) is 3.57. The highest BCUT2D eigenvalue weighted by molar-refractivity contribution is 6.17. The van der Waals surface area contributed by atoms with Gasteiger partial charge in [0.15, 0.2) is 0 Å². The molecule has 1 fully saturated rings. The zero-order valence-electron chi connectivity index (χ0n) is 15.2. The number of rotatable bonds is 7. The van der Waals surface area contributed by atoms with Crippen molar-refractivity contribution in [2.45, 2.75) is 84.1 Å². The Morgan fingerprint density at radius 2 is 1.88 bits per heavy atom. The maximum atomic E-state index is 12.5. The molecule has 1 aliphatic heterocycles. The van der Waals surface area contributed by atoms with Crippen molar-refractivity contribution in [3.8, 4) is 0 Å². The summed E-state index contributed by atoms with van der Waals surface area (Å²) >= 11 is 0. The fraction of sp³-hybridized carbons (Fsp3) is 0.737. The molecule has 0 unspecified atom stereocenters. The fourth-order valence-electron chi connectivity index (χ4n) is 3.57. The Kier molecular flexibility index (Phi) is 6.58. The van der Waals surface area contributed by atoms with Crippen molar-refractivity contribution in [2.24, 2.45) is 4.99 Å². The lowest BCUT2D eigenvalue weighted by molar-refractivity contribution is -0.139. The van der Waals surface area contributed by atoms with Crippen LogP contribution in [0.25, 0.3) is 0 Å². The van der Waals surface area contributed by atoms with Crippen LogP contribution in [0.4, 0.5) is 0 Å². The number of nitrogens with one attached hydrogen (secondary N) is 1. The second-order valence-corrected chi connectivity index (χ2v) is 6.70. The molecule has 0 atom stereocenters. The predicted molar refractivity (Wildman–Crippen MR) is 94.9 cm³/mol. The average Bonchev–Trinajstić information content (AvgIpc) is 2.89. The molecule has 0 radical (unpaired) electrons. The number of carbonyl (C=O) groups excluding carboxylic acids is 2. The van der Waals surface area contributed by atoms with E-state index in [4.69, 9.17) is 9.73 Å². The van der Waals surface area contributed by atoms with Crippen LogP contribution in [0.3, 0.4) is 0 Å². The van der Waals surface area contributed by atoms with Crippen molar-refractivity contribution in [1.82, 2.24) is 5.32 Å². The van der Waals surface area contributed by atoms with Gasteiger partial charge in [-0.15, -0.1) is 0 Å². The number of nitrogens with zero attached hydrogens (tertiary/aromatic N) is 1. The number of amides is 1. The number of hydrogen-bond acceptors (Lipinski definition) is 4. The summed E-state index contributed by atoms with van der Waals surface area (Å²) in [6.07, 6.45) is 7.82. The van der Waals surface area contributed by atoms with Crippen LogP contribution in [0.5, 0.6) is 0 Å². The summed E-state index contributed by atoms with van der Waals surface area (Å²) in [6, 6.07) is 0. The maximum Gasteiger partial charge on any atom is 0.334 e. The molecule has 0 aromatic carbocycles. The van der Waals surface area contributed by atoms with Gasteiger partial charge in [0.1, 0.15) is 11.4 Å². The lowest BCUT2D eigenvalue weighted by atomic mass is 9.82. The van der Waals surface area contributed by atoms with Crippen molar-refractivity contribution in [1.29, 1.82) is 0 Å². The standard InChI is InChI=1S/C19H30N2O3/c1-4-10-15(17(22)24-13-5-2)14(6-3)16-20-18(23)19(21-16)11-8-7-9-12-19/h4-13H2,1-3H3,(H,20,21,23). The van der Waals surface area contributed by atoms with Crippen LogP contribution in [0.2, 0.25) is 0 Å². The average molecular weight is 334 g/mol. The van der Waals surface area contributed by atoms with E-state index in [0.717, 1.165) is 44.1 Å². The molecule has 5 heteroatoms. The van der Waals surface area contributed by atoms with E-state index in [9.17, 15) is 9.59 Å². The van der Waals surface area contributed by atoms with Crippen molar-refractivity contribution >= 4 is 17.7 Å². The monoisotopic (exact) mass is 334 g/mol. The smallest absolute Gasteiger partial charge is 0.334 e. The van der Waals surface area contributed by atoms with Crippen LogP contribution in [-0.2, 0) is 14.3 Å². The summed E-state index contributed by atoms with van der Waals surface area (Å²) in [6.45, 7) is 6.44. The van der Waals surface area contributed by atoms with Gasteiger partial charge in [0.25, 0.3) is 5.91 Å². The Morgan fingerprint density at radius 1 is 1.17 bits per heavy atom. The molecule has 0 bridgehead atoms. The van der Waals surface area contributed by atoms with Crippen LogP contribution in [-0.4, -0.2) is 29.9 Å². The van der Waals surface area contributed by atoms with Gasteiger partial charge < -0.3 is 10.1 Å². The third-order valence-corrected chi connectivity index (χ3v) is 4.85. The van der Waals surface area contributed by atoms with Gasteiger partial charge in [-0.1, -0.05) is 46.5 Å². The SMILES string of the molecule is CCCOC(=O)C(CCC)=C(CC)C1=NC2(CCCCC2)C(=O)N1. The van der Waals surface area contributed by atoms with Crippen molar-refractivity contribution in [2.75, 3.05) is 6.61 Å². The molecule has 1 aliphatic carbocycles. The van der Waals surface area contributed by atoms with Crippen LogP contribution in [0, 0.1) is 0 Å². The maximum absolute atomic E-state index is 12.5. The normalized spacial score (nSPS) is 20.5. The number of esters is 1. The molecule has 1 heterocycles. The first-order valence-electron chi connectivity index (χ1n) is 9.38. The molecule has 134 valence electrons. The molecule has 1 spiro atoms. The highest BCUT2D eigenvalue weighted by Gasteiger charge is 2.44. The van der Waals surface area contributed by atoms with Crippen LogP contribution < -0.4 is 5.32 Å². The third-order valence-electron chi connectivity index (χ3n) is 4.85. The topological polar surface area (TPSA) is 67.8 Å². The molecule has 0 aromatic rings. The zero-order chi connectivity index (χ0) is 17.6. The summed E-state index contributed by atoms with van der Waals surface area (Å²) in [5.74, 6) is 0.333. The molecule has 2 aliphatic rings. The molecule has 1 saturated carbocycles. The van der Waals surface area contributed by atoms with Gasteiger partial charge in [0.2, 0.25) is 0 Å². The largest absolute Gasteiger partial charge is 0.462 e. The van der Waals surface area contributed by atoms with Crippen LogP contribution in [0.15, 0.2) is 16.1 Å². The summed E-state index contributed by atoms with van der Waals surface area (Å²) < 4.78 is 5.35. The van der Waals surface area contributed by atoms with Gasteiger partial charge in [0.05, 0.1) is 6.61 Å². The first kappa shape index (κ1) is 18.7. The minimum atomic E-state index is -0.599. The van der Waals surface area contributed by atoms with E-state index >= 15 is 0 Å². The Hall–Kier alpha value is -1.65. The number of aliphatic imine (C=N–C) groups is 1. The van der Waals surface area contributed by atoms with Gasteiger partial charge in [-0.2, -0.15) is 0 Å². The molecule has 2 rings (SSSR count). The van der Waals surface area contributed by atoms with Gasteiger partial charge in [-0.3, -0.25) is 9.79 Å². The summed E-state index contributed by atoms with van der Waals surface area (Å²) in [5.41, 5.74) is 0.910. The summed E-state index contributed by atoms with van der Waals surface area (Å²) in [4.78, 5) is 29.8. The molecule has 0 aromatic heterocycles. The van der Waals surface area contributed by atoms with Gasteiger partial charge in [0, 0.05) is 11.1 Å². The molecule has 0 saturated heterocycles. The van der Waals surface area contributed by atoms with E-state index in [0.29, 0.717) is 30.9 Å². The Labute approximate surface area is 144 Å². The number of ether oxygens (including phenoxy) is 1. The molecule has 1 N–H and O–H groups in total. The van der Waals surface area contributed by atoms with Crippen molar-refractivity contribution < 1.29 is 14.3 Å². The number of amidine groups is 1. The van der Waals surface area contributed by atoms with Crippen LogP contribution >= 0.6 is 0 Å². The molecule has 5 nitrogen and oxygen atoms in total. The van der Waals surface area contributed by atoms with E-state index in [1.165, 1.54) is 6.42 Å². The first-order chi connectivity index (χ1) is 11.6. The summed E-state index contributed by atoms with van der Waals surface area (Å²) in [7, 11) is 0. The highest BCUT2D eigenvalue weighted by Crippen LogP contribution is 2.36. The lowest BCUT2D eigenvalue weighted by Gasteiger charge is -2.27. The molecular formula is C19H30N2O3. The quantitative estimate of drug-likeness (QED) is 0.570. The second kappa shape index (κ2) is 8.45. The number of carbonyl (C=O) groups is 2. The molecule has 24 heavy (non-hydrogen) atoms. The predicted octanol–water partition coefficient (Wildman–Crippen LogP) is 3.68. The van der Waals surface area contributed by atoms with Crippen molar-refractivity contribution in [3.05, 3.63) is 11.1 Å². The first-order valence-corrected chi connectivity index (χ1v) is 9.38. The van der Waals surface area contributed by atoms with E-state index in [-0.39, 0.29) is 11.9 Å². The molecular weight excluding hydrogens is 304 g/mol. The van der Waals surface area contributed by atoms with E-state index in [2.05, 4.69) is 5.32 Å². The Morgan fingerprint density at radius 3 is 2.46 bits per heavy atom. The van der Waals surface area contributed by atoms with E-state index in [1.54, 1.807) is 0 Å². The minimum absolute atomic E-state index is 0.000856. The Balaban J connectivity index is 2.34. The van der Waals surface area contributed by atoms with Crippen molar-refractivity contribution in [3.63, 3.8) is 0 Å². The summed E-state index contributed by atoms with van der Waals surface area (Å²) in [5, 5.41) is 2.96. The van der Waals surface area contributed by atoms with Gasteiger partial charge >= 0.3 is 5.97 Å². The Bertz CT molecular complexity index is 543. The van der Waals surface area contributed by atoms with Gasteiger partial charge in [-0.05, 0) is 32.1 Å². The number of hydrogen-bond donors (Lipinski definition) is 1. The third kappa shape index (κ3) is 3.87. The van der Waals surface area contributed by atoms with E-state index < -0.39 is 5.54 Å². The highest BCUT2D eigenvalue weighted by atomic mass is 16.5. The lowest BCUT2D eigenvalue weighted by Crippen LogP contribution is -2.41. The zero-order valence-corrected chi connectivity index (χ0v) is 15.2. The van der Waals surface area contributed by atoms with E-state index in [1.807, 2.05) is 20.8 Å². The van der Waals surface area contributed by atoms with Gasteiger partial charge in [-0.25, -0.2) is 4.79 Å². The minimum Gasteiger partial charge on any atom is -0.462 e. The van der Waals surface area contributed by atoms with Crippen LogP contribution in [0.1, 0.15) is 78.6 Å². The molecule has 1 amide bonds. The second-order valence-electron chi connectivity index (χ2n) is 6.70.